The smallest absolute Gasteiger partial charge is 0.411 e. The summed E-state index contributed by atoms with van der Waals surface area (Å²) in [6, 6.07) is 20.1. The number of nitrogens with one attached hydrogen (secondary N) is 2. The minimum Gasteiger partial charge on any atom is -0.478 e. The molecule has 0 aromatic heterocycles. The van der Waals surface area contributed by atoms with Crippen molar-refractivity contribution in [3.05, 3.63) is 83.4 Å². The first-order valence-corrected chi connectivity index (χ1v) is 11.5. The number of rotatable bonds is 5. The number of aliphatic imine (C=N–C) groups is 1. The van der Waals surface area contributed by atoms with E-state index in [-0.39, 0.29) is 29.5 Å². The number of ether oxygens (including phenoxy) is 1. The van der Waals surface area contributed by atoms with Crippen LogP contribution in [0, 0.1) is 11.5 Å². The number of fused-ring (bicyclic) bond motifs is 3. The van der Waals surface area contributed by atoms with Gasteiger partial charge in [0.2, 0.25) is 0 Å². The normalized spacial score (nSPS) is 12.3. The van der Waals surface area contributed by atoms with E-state index in [0.29, 0.717) is 5.17 Å². The Hall–Kier alpha value is -4.29. The lowest BCUT2D eigenvalue weighted by Crippen LogP contribution is -2.18. The Morgan fingerprint density at radius 2 is 1.74 bits per heavy atom. The lowest BCUT2D eigenvalue weighted by Gasteiger charge is -2.15. The number of thioether (sulfide) groups is 1. The second kappa shape index (κ2) is 10.1. The molecule has 0 heterocycles. The maximum atomic E-state index is 12.7. The topological polar surface area (TPSA) is 124 Å². The lowest BCUT2D eigenvalue weighted by atomic mass is 9.98. The molecule has 3 aromatic carbocycles. The number of hydrogen-bond acceptors (Lipinski definition) is 6. The molecule has 0 atom stereocenters. The minimum atomic E-state index is -1.15. The van der Waals surface area contributed by atoms with Crippen LogP contribution in [0.15, 0.2) is 71.7 Å². The Bertz CT molecular complexity index is 1290. The van der Waals surface area contributed by atoms with Gasteiger partial charge in [-0.2, -0.15) is 5.26 Å². The quantitative estimate of drug-likeness (QED) is 0.203. The number of nitrogens with zero attached hydrogens (tertiary/aromatic N) is 2. The summed E-state index contributed by atoms with van der Waals surface area (Å²) in [5.74, 6) is -1.25. The van der Waals surface area contributed by atoms with Crippen LogP contribution in [0.2, 0.25) is 0 Å². The molecule has 9 heteroatoms. The summed E-state index contributed by atoms with van der Waals surface area (Å²) in [6.45, 7) is 0.114. The first-order chi connectivity index (χ1) is 16.5. The maximum absolute atomic E-state index is 12.7. The van der Waals surface area contributed by atoms with E-state index in [2.05, 4.69) is 27.8 Å². The van der Waals surface area contributed by atoms with Crippen LogP contribution in [-0.2, 0) is 4.74 Å². The molecule has 0 aliphatic heterocycles. The van der Waals surface area contributed by atoms with Gasteiger partial charge in [0.15, 0.2) is 11.4 Å². The fourth-order valence-corrected chi connectivity index (χ4v) is 4.23. The van der Waals surface area contributed by atoms with Gasteiger partial charge in [-0.3, -0.25) is 10.6 Å². The van der Waals surface area contributed by atoms with Gasteiger partial charge in [-0.15, -0.1) is 0 Å². The third kappa shape index (κ3) is 4.72. The van der Waals surface area contributed by atoms with Gasteiger partial charge in [0, 0.05) is 5.92 Å². The fraction of sp³-hybridized carbons (Fsp3) is 0.120. The SMILES string of the molecule is CSC(=Nc1ccc(C(=O)O)cc1NC(=O)OCC1c2ccccc2-c2ccccc21)NC#N. The van der Waals surface area contributed by atoms with Crippen LogP contribution in [0.1, 0.15) is 27.4 Å². The fourth-order valence-electron chi connectivity index (χ4n) is 3.89. The van der Waals surface area contributed by atoms with Crippen LogP contribution in [0.25, 0.3) is 11.1 Å². The molecule has 0 spiro atoms. The van der Waals surface area contributed by atoms with E-state index in [1.807, 2.05) is 36.4 Å². The van der Waals surface area contributed by atoms with Crippen molar-refractivity contribution in [2.45, 2.75) is 5.92 Å². The molecule has 0 bridgehead atoms. The van der Waals surface area contributed by atoms with E-state index in [0.717, 1.165) is 22.3 Å². The average molecular weight is 473 g/mol. The molecule has 34 heavy (non-hydrogen) atoms. The van der Waals surface area contributed by atoms with Crippen LogP contribution < -0.4 is 10.6 Å². The van der Waals surface area contributed by atoms with Crippen molar-refractivity contribution in [2.75, 3.05) is 18.2 Å². The van der Waals surface area contributed by atoms with Gasteiger partial charge in [-0.05, 0) is 46.7 Å². The van der Waals surface area contributed by atoms with Crippen molar-refractivity contribution in [3.63, 3.8) is 0 Å². The zero-order valence-corrected chi connectivity index (χ0v) is 18.9. The highest BCUT2D eigenvalue weighted by Gasteiger charge is 2.29. The Morgan fingerprint density at radius 1 is 1.09 bits per heavy atom. The zero-order valence-electron chi connectivity index (χ0n) is 18.1. The second-order valence-corrected chi connectivity index (χ2v) is 8.14. The predicted molar refractivity (Wildman–Crippen MR) is 131 cm³/mol. The standard InChI is InChI=1S/C25H20N4O4S/c1-34-24(27-14-26)28-21-11-10-15(23(30)31)12-22(21)29-25(32)33-13-20-18-8-4-2-6-16(18)17-7-3-5-9-19(17)20/h2-12,20H,13H2,1H3,(H,27,28)(H,29,32)(H,30,31). The van der Waals surface area contributed by atoms with Gasteiger partial charge >= 0.3 is 12.1 Å². The maximum Gasteiger partial charge on any atom is 0.411 e. The van der Waals surface area contributed by atoms with Crippen molar-refractivity contribution in [3.8, 4) is 17.3 Å². The molecule has 3 aromatic rings. The molecular weight excluding hydrogens is 452 g/mol. The van der Waals surface area contributed by atoms with Crippen molar-refractivity contribution in [1.82, 2.24) is 5.32 Å². The van der Waals surface area contributed by atoms with Gasteiger partial charge < -0.3 is 9.84 Å². The first-order valence-electron chi connectivity index (χ1n) is 10.3. The summed E-state index contributed by atoms with van der Waals surface area (Å²) in [7, 11) is 0. The third-order valence-electron chi connectivity index (χ3n) is 5.40. The Balaban J connectivity index is 1.55. The van der Waals surface area contributed by atoms with Gasteiger partial charge in [0.25, 0.3) is 0 Å². The van der Waals surface area contributed by atoms with Gasteiger partial charge in [0.05, 0.1) is 16.9 Å². The van der Waals surface area contributed by atoms with E-state index >= 15 is 0 Å². The number of aromatic carboxylic acids is 1. The summed E-state index contributed by atoms with van der Waals surface area (Å²) in [4.78, 5) is 28.4. The summed E-state index contributed by atoms with van der Waals surface area (Å²) in [5, 5.41) is 23.5. The van der Waals surface area contributed by atoms with Gasteiger partial charge in [0.1, 0.15) is 6.61 Å². The Kier molecular flexibility index (Phi) is 6.80. The van der Waals surface area contributed by atoms with Gasteiger partial charge in [-0.1, -0.05) is 60.3 Å². The average Bonchev–Trinajstić information content (AvgIpc) is 3.17. The number of nitriles is 1. The van der Waals surface area contributed by atoms with Crippen molar-refractivity contribution >= 4 is 40.4 Å². The van der Waals surface area contributed by atoms with Crippen molar-refractivity contribution in [1.29, 1.82) is 5.26 Å². The van der Waals surface area contributed by atoms with Crippen molar-refractivity contribution < 1.29 is 19.4 Å². The highest BCUT2D eigenvalue weighted by molar-refractivity contribution is 8.13. The van der Waals surface area contributed by atoms with Crippen molar-refractivity contribution in [2.24, 2.45) is 4.99 Å². The summed E-state index contributed by atoms with van der Waals surface area (Å²) < 4.78 is 5.56. The van der Waals surface area contributed by atoms with E-state index in [9.17, 15) is 14.7 Å². The molecule has 1 aliphatic rings. The molecular formula is C25H20N4O4S. The van der Waals surface area contributed by atoms with Crippen LogP contribution in [0.5, 0.6) is 0 Å². The predicted octanol–water partition coefficient (Wildman–Crippen LogP) is 5.17. The van der Waals surface area contributed by atoms with Crippen LogP contribution in [0.3, 0.4) is 0 Å². The minimum absolute atomic E-state index is 0.0214. The number of amidine groups is 1. The Morgan fingerprint density at radius 3 is 2.32 bits per heavy atom. The molecule has 4 rings (SSSR count). The molecule has 0 radical (unpaired) electrons. The van der Waals surface area contributed by atoms with Crippen LogP contribution >= 0.6 is 11.8 Å². The van der Waals surface area contributed by atoms with E-state index < -0.39 is 12.1 Å². The summed E-state index contributed by atoms with van der Waals surface area (Å²) >= 11 is 1.20. The summed E-state index contributed by atoms with van der Waals surface area (Å²) in [5.41, 5.74) is 4.82. The molecule has 1 amide bonds. The second-order valence-electron chi connectivity index (χ2n) is 7.35. The van der Waals surface area contributed by atoms with E-state index in [1.54, 1.807) is 12.4 Å². The van der Waals surface area contributed by atoms with Crippen LogP contribution in [-0.4, -0.2) is 35.2 Å². The molecule has 3 N–H and O–H groups in total. The summed E-state index contributed by atoms with van der Waals surface area (Å²) in [6.07, 6.45) is 2.78. The number of carboxylic acid groups (broad SMARTS) is 1. The largest absolute Gasteiger partial charge is 0.478 e. The monoisotopic (exact) mass is 472 g/mol. The molecule has 0 unspecified atom stereocenters. The van der Waals surface area contributed by atoms with E-state index in [1.165, 1.54) is 30.0 Å². The molecule has 0 fully saturated rings. The molecule has 0 saturated carbocycles. The third-order valence-corrected chi connectivity index (χ3v) is 5.98. The number of hydrogen-bond donors (Lipinski definition) is 3. The number of carboxylic acids is 1. The molecule has 0 saturated heterocycles. The number of amides is 1. The first kappa shape index (κ1) is 22.9. The van der Waals surface area contributed by atoms with E-state index in [4.69, 9.17) is 10.00 Å². The molecule has 1 aliphatic carbocycles. The number of carbonyl (C=O) groups is 2. The highest BCUT2D eigenvalue weighted by Crippen LogP contribution is 2.44. The number of anilines is 1. The number of carbonyl (C=O) groups excluding carboxylic acids is 1. The highest BCUT2D eigenvalue weighted by atomic mass is 32.2. The molecule has 170 valence electrons. The van der Waals surface area contributed by atoms with Gasteiger partial charge in [-0.25, -0.2) is 14.6 Å². The number of benzene rings is 3. The zero-order chi connectivity index (χ0) is 24.1. The molecule has 8 nitrogen and oxygen atoms in total. The van der Waals surface area contributed by atoms with Crippen LogP contribution in [0.4, 0.5) is 16.2 Å². The lowest BCUT2D eigenvalue weighted by molar-refractivity contribution is 0.0696. The Labute approximate surface area is 200 Å².